The average Bonchev–Trinajstić information content (AvgIpc) is 2.50. The quantitative estimate of drug-likeness (QED) is 0.875. The minimum Gasteiger partial charge on any atom is -0.497 e. The zero-order valence-electron chi connectivity index (χ0n) is 11.7. The predicted molar refractivity (Wildman–Crippen MR) is 87.9 cm³/mol. The molecule has 0 aliphatic rings. The van der Waals surface area contributed by atoms with Gasteiger partial charge < -0.3 is 15.4 Å². The lowest BCUT2D eigenvalue weighted by atomic mass is 10.2. The highest BCUT2D eigenvalue weighted by atomic mass is 35.5. The van der Waals surface area contributed by atoms with E-state index in [0.29, 0.717) is 22.4 Å². The second kappa shape index (κ2) is 7.50. The van der Waals surface area contributed by atoms with Gasteiger partial charge in [0, 0.05) is 18.4 Å². The zero-order valence-corrected chi connectivity index (χ0v) is 13.2. The van der Waals surface area contributed by atoms with E-state index in [1.165, 1.54) is 0 Å². The van der Waals surface area contributed by atoms with Crippen LogP contribution in [0.25, 0.3) is 0 Å². The second-order valence-corrected chi connectivity index (χ2v) is 5.29. The molecule has 1 aromatic heterocycles. The number of anilines is 2. The van der Waals surface area contributed by atoms with E-state index >= 15 is 0 Å². The van der Waals surface area contributed by atoms with Crippen molar-refractivity contribution >= 4 is 34.7 Å². The van der Waals surface area contributed by atoms with Crippen LogP contribution >= 0.6 is 23.2 Å². The Hall–Kier alpha value is -1.49. The van der Waals surface area contributed by atoms with Crippen molar-refractivity contribution < 1.29 is 4.74 Å². The molecular formula is C15H17Cl2N3O. The maximum Gasteiger partial charge on any atom is 0.151 e. The number of nitrogens with zero attached hydrogens (tertiary/aromatic N) is 2. The van der Waals surface area contributed by atoms with Crippen LogP contribution in [0.15, 0.2) is 36.5 Å². The van der Waals surface area contributed by atoms with Gasteiger partial charge in [-0.15, -0.1) is 0 Å². The largest absolute Gasteiger partial charge is 0.497 e. The number of rotatable bonds is 6. The van der Waals surface area contributed by atoms with Crippen molar-refractivity contribution in [1.29, 1.82) is 0 Å². The van der Waals surface area contributed by atoms with Gasteiger partial charge in [-0.1, -0.05) is 23.2 Å². The second-order valence-electron chi connectivity index (χ2n) is 4.45. The highest BCUT2D eigenvalue weighted by Gasteiger charge is 2.14. The number of hydrogen-bond donors (Lipinski definition) is 1. The van der Waals surface area contributed by atoms with Gasteiger partial charge in [0.2, 0.25) is 0 Å². The maximum absolute atomic E-state index is 6.27. The number of aromatic nitrogens is 1. The molecule has 1 heterocycles. The summed E-state index contributed by atoms with van der Waals surface area (Å²) in [6.45, 7) is 1.31. The molecule has 0 spiro atoms. The number of ether oxygens (including phenoxy) is 1. The van der Waals surface area contributed by atoms with Crippen LogP contribution in [0.2, 0.25) is 10.0 Å². The van der Waals surface area contributed by atoms with Gasteiger partial charge in [-0.2, -0.15) is 0 Å². The summed E-state index contributed by atoms with van der Waals surface area (Å²) in [5, 5.41) is 1.02. The van der Waals surface area contributed by atoms with Crippen molar-refractivity contribution in [2.45, 2.75) is 6.42 Å². The number of hydrogen-bond acceptors (Lipinski definition) is 4. The summed E-state index contributed by atoms with van der Waals surface area (Å²) < 4.78 is 5.18. The van der Waals surface area contributed by atoms with Gasteiger partial charge in [-0.25, -0.2) is 4.98 Å². The molecule has 4 nitrogen and oxygen atoms in total. The van der Waals surface area contributed by atoms with Gasteiger partial charge in [0.1, 0.15) is 5.75 Å². The van der Waals surface area contributed by atoms with Crippen LogP contribution in [0.3, 0.4) is 0 Å². The van der Waals surface area contributed by atoms with E-state index in [1.54, 1.807) is 19.4 Å². The fraction of sp³-hybridized carbons (Fsp3) is 0.267. The van der Waals surface area contributed by atoms with E-state index in [1.807, 2.05) is 29.2 Å². The van der Waals surface area contributed by atoms with Crippen molar-refractivity contribution in [3.8, 4) is 5.75 Å². The van der Waals surface area contributed by atoms with Crippen LogP contribution in [0, 0.1) is 0 Å². The molecule has 0 aliphatic carbocycles. The molecule has 0 bridgehead atoms. The molecule has 2 N–H and O–H groups in total. The Morgan fingerprint density at radius 2 is 1.95 bits per heavy atom. The lowest BCUT2D eigenvalue weighted by Gasteiger charge is -2.24. The van der Waals surface area contributed by atoms with Crippen molar-refractivity contribution in [1.82, 2.24) is 4.98 Å². The molecule has 0 aliphatic heterocycles. The molecule has 0 unspecified atom stereocenters. The molecule has 2 aromatic rings. The van der Waals surface area contributed by atoms with E-state index in [9.17, 15) is 0 Å². The molecule has 6 heteroatoms. The third kappa shape index (κ3) is 4.00. The van der Waals surface area contributed by atoms with Gasteiger partial charge in [0.15, 0.2) is 5.82 Å². The van der Waals surface area contributed by atoms with E-state index < -0.39 is 0 Å². The lowest BCUT2D eigenvalue weighted by molar-refractivity contribution is 0.415. The Morgan fingerprint density at radius 1 is 1.24 bits per heavy atom. The monoisotopic (exact) mass is 325 g/mol. The number of nitrogens with two attached hydrogens (primary N) is 1. The first-order chi connectivity index (χ1) is 10.2. The SMILES string of the molecule is COc1ccc(N(CCCN)c2ncc(Cl)cc2Cl)cc1. The first-order valence-electron chi connectivity index (χ1n) is 6.58. The summed E-state index contributed by atoms with van der Waals surface area (Å²) in [4.78, 5) is 6.36. The fourth-order valence-corrected chi connectivity index (χ4v) is 2.46. The molecule has 2 rings (SSSR count). The van der Waals surface area contributed by atoms with Crippen molar-refractivity contribution in [2.24, 2.45) is 5.73 Å². The summed E-state index contributed by atoms with van der Waals surface area (Å²) in [5.74, 6) is 1.47. The highest BCUT2D eigenvalue weighted by molar-refractivity contribution is 6.36. The lowest BCUT2D eigenvalue weighted by Crippen LogP contribution is -2.22. The number of methoxy groups -OCH3 is 1. The molecule has 21 heavy (non-hydrogen) atoms. The van der Waals surface area contributed by atoms with Crippen molar-refractivity contribution in [3.63, 3.8) is 0 Å². The summed E-state index contributed by atoms with van der Waals surface area (Å²) >= 11 is 12.2. The Balaban J connectivity index is 2.36. The number of benzene rings is 1. The summed E-state index contributed by atoms with van der Waals surface area (Å²) in [5.41, 5.74) is 6.59. The smallest absolute Gasteiger partial charge is 0.151 e. The maximum atomic E-state index is 6.27. The summed E-state index contributed by atoms with van der Waals surface area (Å²) in [6.07, 6.45) is 2.41. The van der Waals surface area contributed by atoms with E-state index in [0.717, 1.165) is 24.4 Å². The third-order valence-electron chi connectivity index (χ3n) is 3.01. The van der Waals surface area contributed by atoms with Gasteiger partial charge in [-0.05, 0) is 43.3 Å². The molecular weight excluding hydrogens is 309 g/mol. The summed E-state index contributed by atoms with van der Waals surface area (Å²) in [7, 11) is 1.64. The van der Waals surface area contributed by atoms with Gasteiger partial charge in [-0.3, -0.25) is 0 Å². The third-order valence-corrected chi connectivity index (χ3v) is 3.50. The minimum atomic E-state index is 0.510. The standard InChI is InChI=1S/C15H17Cl2N3O/c1-21-13-5-3-12(4-6-13)20(8-2-7-18)15-14(17)9-11(16)10-19-15/h3-6,9-10H,2,7-8,18H2,1H3. The normalized spacial score (nSPS) is 10.5. The molecule has 0 atom stereocenters. The van der Waals surface area contributed by atoms with Crippen molar-refractivity contribution in [3.05, 3.63) is 46.6 Å². The van der Waals surface area contributed by atoms with E-state index in [-0.39, 0.29) is 0 Å². The van der Waals surface area contributed by atoms with E-state index in [2.05, 4.69) is 4.98 Å². The number of pyridine rings is 1. The Kier molecular flexibility index (Phi) is 5.67. The van der Waals surface area contributed by atoms with Gasteiger partial charge in [0.05, 0.1) is 17.2 Å². The molecule has 0 amide bonds. The van der Waals surface area contributed by atoms with Crippen LogP contribution in [0.4, 0.5) is 11.5 Å². The molecule has 112 valence electrons. The van der Waals surface area contributed by atoms with Crippen LogP contribution in [0.5, 0.6) is 5.75 Å². The fourth-order valence-electron chi connectivity index (χ4n) is 1.97. The highest BCUT2D eigenvalue weighted by Crippen LogP contribution is 2.32. The molecule has 0 saturated heterocycles. The van der Waals surface area contributed by atoms with Crippen LogP contribution in [-0.4, -0.2) is 25.2 Å². The first kappa shape index (κ1) is 15.9. The van der Waals surface area contributed by atoms with Crippen molar-refractivity contribution in [2.75, 3.05) is 25.1 Å². The van der Waals surface area contributed by atoms with Gasteiger partial charge in [0.25, 0.3) is 0 Å². The Labute approximate surface area is 134 Å². The average molecular weight is 326 g/mol. The van der Waals surface area contributed by atoms with Crippen LogP contribution < -0.4 is 15.4 Å². The van der Waals surface area contributed by atoms with Crippen LogP contribution in [0.1, 0.15) is 6.42 Å². The molecule has 0 fully saturated rings. The minimum absolute atomic E-state index is 0.510. The zero-order chi connectivity index (χ0) is 15.2. The first-order valence-corrected chi connectivity index (χ1v) is 7.34. The van der Waals surface area contributed by atoms with Gasteiger partial charge >= 0.3 is 0 Å². The predicted octanol–water partition coefficient (Wildman–Crippen LogP) is 3.88. The summed E-state index contributed by atoms with van der Waals surface area (Å²) in [6, 6.07) is 9.40. The Morgan fingerprint density at radius 3 is 2.52 bits per heavy atom. The Bertz CT molecular complexity index is 590. The number of halogens is 2. The molecule has 0 radical (unpaired) electrons. The molecule has 1 aromatic carbocycles. The molecule has 0 saturated carbocycles. The topological polar surface area (TPSA) is 51.4 Å². The van der Waals surface area contributed by atoms with E-state index in [4.69, 9.17) is 33.7 Å². The van der Waals surface area contributed by atoms with Crippen LogP contribution in [-0.2, 0) is 0 Å².